The van der Waals surface area contributed by atoms with Crippen LogP contribution in [0.25, 0.3) is 0 Å². The Bertz CT molecular complexity index is 600. The lowest BCUT2D eigenvalue weighted by atomic mass is 9.94. The van der Waals surface area contributed by atoms with Crippen LogP contribution in [0.4, 0.5) is 0 Å². The highest BCUT2D eigenvalue weighted by molar-refractivity contribution is 5.40. The second-order valence-electron chi connectivity index (χ2n) is 5.70. The molecular weight excluding hydrogens is 242 g/mol. The van der Waals surface area contributed by atoms with Crippen molar-refractivity contribution in [3.63, 3.8) is 0 Å². The molecule has 1 N–H and O–H groups in total. The monoisotopic (exact) mass is 265 g/mol. The summed E-state index contributed by atoms with van der Waals surface area (Å²) in [6.07, 6.45) is 4.91. The lowest BCUT2D eigenvalue weighted by Gasteiger charge is -2.19. The van der Waals surface area contributed by atoms with Crippen LogP contribution < -0.4 is 5.32 Å². The molecule has 1 nitrogen and oxygen atoms in total. The Kier molecular flexibility index (Phi) is 3.88. The van der Waals surface area contributed by atoms with Crippen LogP contribution in [0.1, 0.15) is 47.2 Å². The summed E-state index contributed by atoms with van der Waals surface area (Å²) in [7, 11) is 2.05. The van der Waals surface area contributed by atoms with Crippen molar-refractivity contribution in [2.75, 3.05) is 7.05 Å². The zero-order valence-corrected chi connectivity index (χ0v) is 12.4. The van der Waals surface area contributed by atoms with E-state index in [1.54, 1.807) is 11.1 Å². The van der Waals surface area contributed by atoms with Gasteiger partial charge in [0.2, 0.25) is 0 Å². The SMILES string of the molecule is CCc1cccc(C(NC)c2ccc3c(c2)CCC3)c1. The smallest absolute Gasteiger partial charge is 0.0574 e. The molecule has 2 aromatic rings. The number of nitrogens with one attached hydrogen (secondary N) is 1. The summed E-state index contributed by atoms with van der Waals surface area (Å²) >= 11 is 0. The molecule has 0 saturated carbocycles. The second kappa shape index (κ2) is 5.80. The predicted molar refractivity (Wildman–Crippen MR) is 85.2 cm³/mol. The first-order valence-electron chi connectivity index (χ1n) is 7.69. The number of fused-ring (bicyclic) bond motifs is 1. The predicted octanol–water partition coefficient (Wildman–Crippen LogP) is 4.05. The normalized spacial score (nSPS) is 15.1. The molecule has 0 radical (unpaired) electrons. The molecule has 1 aliphatic carbocycles. The van der Waals surface area contributed by atoms with Crippen LogP contribution in [-0.4, -0.2) is 7.05 Å². The summed E-state index contributed by atoms with van der Waals surface area (Å²) in [6.45, 7) is 2.21. The highest BCUT2D eigenvalue weighted by atomic mass is 14.9. The average molecular weight is 265 g/mol. The molecule has 0 aliphatic heterocycles. The van der Waals surface area contributed by atoms with E-state index in [0.717, 1.165) is 6.42 Å². The minimum Gasteiger partial charge on any atom is -0.309 e. The molecule has 1 aliphatic rings. The fraction of sp³-hybridized carbons (Fsp3) is 0.368. The summed E-state index contributed by atoms with van der Waals surface area (Å²) in [5.41, 5.74) is 7.26. The van der Waals surface area contributed by atoms with E-state index in [9.17, 15) is 0 Å². The first-order valence-corrected chi connectivity index (χ1v) is 7.69. The van der Waals surface area contributed by atoms with Crippen LogP contribution in [-0.2, 0) is 19.3 Å². The van der Waals surface area contributed by atoms with Gasteiger partial charge in [0.25, 0.3) is 0 Å². The standard InChI is InChI=1S/C19H23N/c1-3-14-6-4-9-17(12-14)19(20-2)18-11-10-15-7-5-8-16(15)13-18/h4,6,9-13,19-20H,3,5,7-8H2,1-2H3. The Labute approximate surface area is 122 Å². The van der Waals surface area contributed by atoms with Crippen LogP contribution in [0, 0.1) is 0 Å². The van der Waals surface area contributed by atoms with Crippen molar-refractivity contribution < 1.29 is 0 Å². The summed E-state index contributed by atoms with van der Waals surface area (Å²) in [6, 6.07) is 16.3. The Morgan fingerprint density at radius 2 is 1.80 bits per heavy atom. The molecule has 104 valence electrons. The van der Waals surface area contributed by atoms with E-state index in [1.807, 2.05) is 0 Å². The van der Waals surface area contributed by atoms with E-state index in [1.165, 1.54) is 36.0 Å². The zero-order chi connectivity index (χ0) is 13.9. The number of aryl methyl sites for hydroxylation is 3. The van der Waals surface area contributed by atoms with Gasteiger partial charge in [-0.15, -0.1) is 0 Å². The third kappa shape index (κ3) is 2.51. The van der Waals surface area contributed by atoms with Gasteiger partial charge in [0.05, 0.1) is 6.04 Å². The van der Waals surface area contributed by atoms with Crippen molar-refractivity contribution in [3.8, 4) is 0 Å². The fourth-order valence-electron chi connectivity index (χ4n) is 3.29. The van der Waals surface area contributed by atoms with Gasteiger partial charge in [-0.05, 0) is 60.5 Å². The summed E-state index contributed by atoms with van der Waals surface area (Å²) < 4.78 is 0. The van der Waals surface area contributed by atoms with Gasteiger partial charge in [0.1, 0.15) is 0 Å². The van der Waals surface area contributed by atoms with Gasteiger partial charge in [-0.3, -0.25) is 0 Å². The van der Waals surface area contributed by atoms with E-state index in [-0.39, 0.29) is 0 Å². The van der Waals surface area contributed by atoms with E-state index in [4.69, 9.17) is 0 Å². The Morgan fingerprint density at radius 3 is 2.60 bits per heavy atom. The second-order valence-corrected chi connectivity index (χ2v) is 5.70. The van der Waals surface area contributed by atoms with Crippen molar-refractivity contribution in [2.45, 2.75) is 38.6 Å². The first-order chi connectivity index (χ1) is 9.81. The number of hydrogen-bond acceptors (Lipinski definition) is 1. The molecule has 1 atom stereocenters. The number of rotatable bonds is 4. The number of hydrogen-bond donors (Lipinski definition) is 1. The van der Waals surface area contributed by atoms with Crippen LogP contribution in [0.3, 0.4) is 0 Å². The van der Waals surface area contributed by atoms with Crippen molar-refractivity contribution in [1.82, 2.24) is 5.32 Å². The molecule has 3 rings (SSSR count). The van der Waals surface area contributed by atoms with Gasteiger partial charge in [-0.1, -0.05) is 49.4 Å². The van der Waals surface area contributed by atoms with Crippen LogP contribution in [0.5, 0.6) is 0 Å². The summed E-state index contributed by atoms with van der Waals surface area (Å²) in [4.78, 5) is 0. The van der Waals surface area contributed by atoms with Crippen LogP contribution in [0.15, 0.2) is 42.5 Å². The Balaban J connectivity index is 1.96. The maximum Gasteiger partial charge on any atom is 0.0574 e. The maximum absolute atomic E-state index is 3.48. The van der Waals surface area contributed by atoms with Gasteiger partial charge in [0, 0.05) is 0 Å². The molecule has 0 fully saturated rings. The topological polar surface area (TPSA) is 12.0 Å². The molecule has 20 heavy (non-hydrogen) atoms. The van der Waals surface area contributed by atoms with E-state index >= 15 is 0 Å². The minimum absolute atomic E-state index is 0.299. The van der Waals surface area contributed by atoms with E-state index < -0.39 is 0 Å². The highest BCUT2D eigenvalue weighted by Crippen LogP contribution is 2.28. The molecule has 0 aromatic heterocycles. The Morgan fingerprint density at radius 1 is 1.00 bits per heavy atom. The highest BCUT2D eigenvalue weighted by Gasteiger charge is 2.16. The third-order valence-corrected chi connectivity index (χ3v) is 4.44. The lowest BCUT2D eigenvalue weighted by molar-refractivity contribution is 0.690. The molecule has 2 aromatic carbocycles. The quantitative estimate of drug-likeness (QED) is 0.879. The van der Waals surface area contributed by atoms with Crippen molar-refractivity contribution in [2.24, 2.45) is 0 Å². The van der Waals surface area contributed by atoms with Gasteiger partial charge in [-0.2, -0.15) is 0 Å². The van der Waals surface area contributed by atoms with Gasteiger partial charge in [0.15, 0.2) is 0 Å². The van der Waals surface area contributed by atoms with Crippen LogP contribution >= 0.6 is 0 Å². The minimum atomic E-state index is 0.299. The average Bonchev–Trinajstić information content (AvgIpc) is 2.96. The van der Waals surface area contributed by atoms with Crippen molar-refractivity contribution >= 4 is 0 Å². The first kappa shape index (κ1) is 13.4. The third-order valence-electron chi connectivity index (χ3n) is 4.44. The van der Waals surface area contributed by atoms with E-state index in [2.05, 4.69) is 61.8 Å². The zero-order valence-electron chi connectivity index (χ0n) is 12.4. The van der Waals surface area contributed by atoms with Gasteiger partial charge < -0.3 is 5.32 Å². The summed E-state index contributed by atoms with van der Waals surface area (Å²) in [5.74, 6) is 0. The Hall–Kier alpha value is -1.60. The molecule has 0 spiro atoms. The molecule has 0 amide bonds. The molecule has 1 unspecified atom stereocenters. The van der Waals surface area contributed by atoms with Crippen LogP contribution in [0.2, 0.25) is 0 Å². The van der Waals surface area contributed by atoms with Gasteiger partial charge >= 0.3 is 0 Å². The molecule has 0 bridgehead atoms. The fourth-order valence-corrected chi connectivity index (χ4v) is 3.29. The summed E-state index contributed by atoms with van der Waals surface area (Å²) in [5, 5.41) is 3.48. The lowest BCUT2D eigenvalue weighted by Crippen LogP contribution is -2.18. The molecular formula is C19H23N. The van der Waals surface area contributed by atoms with Crippen molar-refractivity contribution in [1.29, 1.82) is 0 Å². The molecule has 0 saturated heterocycles. The van der Waals surface area contributed by atoms with Gasteiger partial charge in [-0.25, -0.2) is 0 Å². The number of benzene rings is 2. The molecule has 0 heterocycles. The molecule has 1 heteroatoms. The largest absolute Gasteiger partial charge is 0.309 e. The van der Waals surface area contributed by atoms with E-state index in [0.29, 0.717) is 6.04 Å². The van der Waals surface area contributed by atoms with Crippen molar-refractivity contribution in [3.05, 3.63) is 70.3 Å². The maximum atomic E-state index is 3.48.